The molecule has 0 atom stereocenters. The molecule has 1 fully saturated rings. The van der Waals surface area contributed by atoms with Crippen molar-refractivity contribution in [3.05, 3.63) is 60.4 Å². The number of piperazine rings is 1. The summed E-state index contributed by atoms with van der Waals surface area (Å²) in [4.78, 5) is 20.5. The molecular formula is C18H17FN6O2. The molecule has 9 heteroatoms. The van der Waals surface area contributed by atoms with E-state index >= 15 is 0 Å². The van der Waals surface area contributed by atoms with Crippen molar-refractivity contribution in [2.24, 2.45) is 0 Å². The highest BCUT2D eigenvalue weighted by Gasteiger charge is 2.25. The van der Waals surface area contributed by atoms with Crippen LogP contribution in [-0.2, 0) is 0 Å². The second-order valence-electron chi connectivity index (χ2n) is 6.03. The van der Waals surface area contributed by atoms with Crippen molar-refractivity contribution in [2.45, 2.75) is 0 Å². The number of furan rings is 1. The van der Waals surface area contributed by atoms with Gasteiger partial charge < -0.3 is 19.5 Å². The first-order valence-corrected chi connectivity index (χ1v) is 8.49. The van der Waals surface area contributed by atoms with Crippen molar-refractivity contribution in [2.75, 3.05) is 36.4 Å². The zero-order valence-corrected chi connectivity index (χ0v) is 14.4. The highest BCUT2D eigenvalue weighted by atomic mass is 19.1. The van der Waals surface area contributed by atoms with E-state index in [0.29, 0.717) is 49.4 Å². The first-order valence-electron chi connectivity index (χ1n) is 8.49. The molecule has 8 nitrogen and oxygen atoms in total. The third-order valence-electron chi connectivity index (χ3n) is 4.25. The molecule has 4 rings (SSSR count). The fourth-order valence-electron chi connectivity index (χ4n) is 2.84. The van der Waals surface area contributed by atoms with Gasteiger partial charge in [0.15, 0.2) is 11.6 Å². The summed E-state index contributed by atoms with van der Waals surface area (Å²) in [5, 5.41) is 11.1. The Balaban J connectivity index is 1.40. The summed E-state index contributed by atoms with van der Waals surface area (Å²) >= 11 is 0. The highest BCUT2D eigenvalue weighted by Crippen LogP contribution is 2.18. The van der Waals surface area contributed by atoms with Gasteiger partial charge in [-0.2, -0.15) is 10.1 Å². The Morgan fingerprint density at radius 2 is 1.89 bits per heavy atom. The van der Waals surface area contributed by atoms with Crippen LogP contribution in [-0.4, -0.2) is 52.2 Å². The van der Waals surface area contributed by atoms with E-state index in [1.165, 1.54) is 24.6 Å². The van der Waals surface area contributed by atoms with Crippen LogP contribution < -0.4 is 10.2 Å². The lowest BCUT2D eigenvalue weighted by atomic mass is 10.3. The van der Waals surface area contributed by atoms with Crippen LogP contribution >= 0.6 is 0 Å². The lowest BCUT2D eigenvalue weighted by Gasteiger charge is -2.34. The molecule has 1 aliphatic rings. The fraction of sp³-hybridized carbons (Fsp3) is 0.222. The molecule has 1 aliphatic heterocycles. The zero-order valence-electron chi connectivity index (χ0n) is 14.4. The largest absolute Gasteiger partial charge is 0.459 e. The Morgan fingerprint density at radius 1 is 1.11 bits per heavy atom. The van der Waals surface area contributed by atoms with Crippen LogP contribution in [0.1, 0.15) is 10.6 Å². The number of amides is 1. The lowest BCUT2D eigenvalue weighted by molar-refractivity contribution is 0.0714. The molecule has 0 bridgehead atoms. The van der Waals surface area contributed by atoms with Crippen molar-refractivity contribution in [3.8, 4) is 0 Å². The van der Waals surface area contributed by atoms with Crippen molar-refractivity contribution in [1.29, 1.82) is 0 Å². The van der Waals surface area contributed by atoms with E-state index in [2.05, 4.69) is 20.5 Å². The normalized spacial score (nSPS) is 14.3. The Hall–Kier alpha value is -3.49. The molecule has 0 unspecified atom stereocenters. The number of benzene rings is 1. The van der Waals surface area contributed by atoms with Crippen LogP contribution in [0.15, 0.2) is 53.3 Å². The molecule has 0 aliphatic carbocycles. The number of aromatic nitrogens is 3. The van der Waals surface area contributed by atoms with Gasteiger partial charge in [0, 0.05) is 31.9 Å². The van der Waals surface area contributed by atoms with Gasteiger partial charge in [-0.25, -0.2) is 4.39 Å². The van der Waals surface area contributed by atoms with Crippen molar-refractivity contribution >= 4 is 23.4 Å². The Morgan fingerprint density at radius 3 is 2.59 bits per heavy atom. The Bertz CT molecular complexity index is 908. The first kappa shape index (κ1) is 17.0. The van der Waals surface area contributed by atoms with Gasteiger partial charge in [0.05, 0.1) is 12.5 Å². The molecule has 2 aromatic heterocycles. The van der Waals surface area contributed by atoms with Crippen molar-refractivity contribution in [1.82, 2.24) is 20.1 Å². The molecule has 0 spiro atoms. The number of nitrogens with zero attached hydrogens (tertiary/aromatic N) is 5. The number of carbonyl (C=O) groups excluding carboxylic acids is 1. The van der Waals surface area contributed by atoms with Crippen LogP contribution in [0.3, 0.4) is 0 Å². The number of nitrogens with one attached hydrogen (secondary N) is 1. The van der Waals surface area contributed by atoms with Gasteiger partial charge in [0.2, 0.25) is 5.95 Å². The standard InChI is InChI=1S/C18H17FN6O2/c19-13-3-5-14(6-4-13)21-16-12-20-23-18(22-16)25-9-7-24(8-10-25)17(26)15-2-1-11-27-15/h1-6,11-12H,7-10H2,(H,21,22,23). The van der Waals surface area contributed by atoms with Gasteiger partial charge in [-0.1, -0.05) is 0 Å². The number of hydrogen-bond donors (Lipinski definition) is 1. The lowest BCUT2D eigenvalue weighted by Crippen LogP contribution is -2.49. The van der Waals surface area contributed by atoms with E-state index in [1.807, 2.05) is 4.90 Å². The molecule has 138 valence electrons. The van der Waals surface area contributed by atoms with E-state index in [1.54, 1.807) is 29.2 Å². The number of rotatable bonds is 4. The minimum atomic E-state index is -0.302. The molecule has 1 N–H and O–H groups in total. The molecule has 3 aromatic rings. The van der Waals surface area contributed by atoms with E-state index in [9.17, 15) is 9.18 Å². The number of hydrogen-bond acceptors (Lipinski definition) is 7. The molecular weight excluding hydrogens is 351 g/mol. The first-order chi connectivity index (χ1) is 13.2. The fourth-order valence-corrected chi connectivity index (χ4v) is 2.84. The minimum Gasteiger partial charge on any atom is -0.459 e. The maximum atomic E-state index is 13.0. The van der Waals surface area contributed by atoms with Gasteiger partial charge >= 0.3 is 0 Å². The molecule has 27 heavy (non-hydrogen) atoms. The monoisotopic (exact) mass is 368 g/mol. The van der Waals surface area contributed by atoms with Crippen LogP contribution in [0.2, 0.25) is 0 Å². The average Bonchev–Trinajstić information content (AvgIpc) is 3.24. The number of carbonyl (C=O) groups is 1. The number of anilines is 3. The second-order valence-corrected chi connectivity index (χ2v) is 6.03. The predicted molar refractivity (Wildman–Crippen MR) is 96.3 cm³/mol. The summed E-state index contributed by atoms with van der Waals surface area (Å²) in [6, 6.07) is 9.33. The summed E-state index contributed by atoms with van der Waals surface area (Å²) < 4.78 is 18.2. The van der Waals surface area contributed by atoms with Crippen LogP contribution in [0, 0.1) is 5.82 Å². The van der Waals surface area contributed by atoms with Gasteiger partial charge in [0.25, 0.3) is 5.91 Å². The van der Waals surface area contributed by atoms with Gasteiger partial charge in [-0.05, 0) is 36.4 Å². The van der Waals surface area contributed by atoms with E-state index < -0.39 is 0 Å². The van der Waals surface area contributed by atoms with E-state index in [-0.39, 0.29) is 11.7 Å². The molecule has 1 saturated heterocycles. The van der Waals surface area contributed by atoms with Gasteiger partial charge in [-0.3, -0.25) is 4.79 Å². The van der Waals surface area contributed by atoms with Crippen LogP contribution in [0.25, 0.3) is 0 Å². The molecule has 1 aromatic carbocycles. The summed E-state index contributed by atoms with van der Waals surface area (Å²) in [5.41, 5.74) is 0.705. The summed E-state index contributed by atoms with van der Waals surface area (Å²) in [6.07, 6.45) is 2.99. The molecule has 3 heterocycles. The maximum absolute atomic E-state index is 13.0. The zero-order chi connectivity index (χ0) is 18.6. The Kier molecular flexibility index (Phi) is 4.65. The summed E-state index contributed by atoms with van der Waals surface area (Å²) in [5.74, 6) is 0.911. The molecule has 0 radical (unpaired) electrons. The minimum absolute atomic E-state index is 0.120. The van der Waals surface area contributed by atoms with Crippen molar-refractivity contribution < 1.29 is 13.6 Å². The summed E-state index contributed by atoms with van der Waals surface area (Å²) in [6.45, 7) is 2.26. The van der Waals surface area contributed by atoms with Gasteiger partial charge in [0.1, 0.15) is 5.82 Å². The van der Waals surface area contributed by atoms with Gasteiger partial charge in [-0.15, -0.1) is 5.10 Å². The quantitative estimate of drug-likeness (QED) is 0.756. The smallest absolute Gasteiger partial charge is 0.289 e. The predicted octanol–water partition coefficient (Wildman–Crippen LogP) is 2.31. The summed E-state index contributed by atoms with van der Waals surface area (Å²) in [7, 11) is 0. The van der Waals surface area contributed by atoms with E-state index in [4.69, 9.17) is 4.42 Å². The van der Waals surface area contributed by atoms with Crippen molar-refractivity contribution in [3.63, 3.8) is 0 Å². The highest BCUT2D eigenvalue weighted by molar-refractivity contribution is 5.91. The SMILES string of the molecule is O=C(c1ccco1)N1CCN(c2nncc(Nc3ccc(F)cc3)n2)CC1. The third-order valence-corrected chi connectivity index (χ3v) is 4.25. The Labute approximate surface area is 154 Å². The third kappa shape index (κ3) is 3.86. The van der Waals surface area contributed by atoms with E-state index in [0.717, 1.165) is 0 Å². The van der Waals surface area contributed by atoms with Crippen LogP contribution in [0.5, 0.6) is 0 Å². The van der Waals surface area contributed by atoms with Crippen LogP contribution in [0.4, 0.5) is 21.8 Å². The second kappa shape index (κ2) is 7.40. The topological polar surface area (TPSA) is 87.4 Å². The molecule has 0 saturated carbocycles. The molecule has 1 amide bonds. The average molecular weight is 368 g/mol. The number of halogens is 1. The maximum Gasteiger partial charge on any atom is 0.289 e.